The molecule has 1 N–H and O–H groups in total. The van der Waals surface area contributed by atoms with E-state index in [2.05, 4.69) is 0 Å². The molecule has 0 unspecified atom stereocenters. The molecule has 0 aliphatic carbocycles. The van der Waals surface area contributed by atoms with Crippen molar-refractivity contribution in [3.8, 4) is 0 Å². The van der Waals surface area contributed by atoms with Gasteiger partial charge in [-0.3, -0.25) is 0 Å². The Morgan fingerprint density at radius 2 is 1.92 bits per heavy atom. The van der Waals surface area contributed by atoms with Gasteiger partial charge in [-0.15, -0.1) is 0 Å². The van der Waals surface area contributed by atoms with E-state index in [1.54, 1.807) is 6.92 Å². The van der Waals surface area contributed by atoms with Crippen molar-refractivity contribution in [1.82, 2.24) is 0 Å². The van der Waals surface area contributed by atoms with E-state index in [1.807, 2.05) is 24.3 Å². The molecule has 1 aromatic carbocycles. The van der Waals surface area contributed by atoms with Gasteiger partial charge >= 0.3 is 0 Å². The van der Waals surface area contributed by atoms with Crippen molar-refractivity contribution in [1.29, 1.82) is 0 Å². The summed E-state index contributed by atoms with van der Waals surface area (Å²) in [5.74, 6) is 0. The van der Waals surface area contributed by atoms with Crippen molar-refractivity contribution in [3.63, 3.8) is 0 Å². The van der Waals surface area contributed by atoms with Gasteiger partial charge < -0.3 is 5.11 Å². The van der Waals surface area contributed by atoms with Crippen LogP contribution in [0.25, 0.3) is 0 Å². The molecule has 0 saturated carbocycles. The summed E-state index contributed by atoms with van der Waals surface area (Å²) in [4.78, 5) is 0. The molecule has 0 spiro atoms. The number of halogens is 1. The van der Waals surface area contributed by atoms with Gasteiger partial charge in [0, 0.05) is 5.02 Å². The maximum atomic E-state index is 9.04. The van der Waals surface area contributed by atoms with Crippen molar-refractivity contribution >= 4 is 11.6 Å². The van der Waals surface area contributed by atoms with Crippen LogP contribution in [-0.2, 0) is 6.42 Å². The van der Waals surface area contributed by atoms with E-state index in [4.69, 9.17) is 16.7 Å². The van der Waals surface area contributed by atoms with Crippen LogP contribution in [0, 0.1) is 0 Å². The quantitative estimate of drug-likeness (QED) is 0.766. The van der Waals surface area contributed by atoms with E-state index in [-0.39, 0.29) is 6.10 Å². The predicted octanol–water partition coefficient (Wildman–Crippen LogP) is 2.65. The molecule has 1 nitrogen and oxygen atoms in total. The van der Waals surface area contributed by atoms with Crippen LogP contribution in [-0.4, -0.2) is 11.2 Å². The Labute approximate surface area is 78.0 Å². The molecule has 0 heterocycles. The molecule has 0 saturated heterocycles. The van der Waals surface area contributed by atoms with Gasteiger partial charge in [0.1, 0.15) is 0 Å². The van der Waals surface area contributed by atoms with E-state index in [1.165, 1.54) is 5.56 Å². The molecule has 0 aromatic heterocycles. The van der Waals surface area contributed by atoms with E-state index < -0.39 is 0 Å². The molecule has 12 heavy (non-hydrogen) atoms. The average molecular weight is 185 g/mol. The lowest BCUT2D eigenvalue weighted by molar-refractivity contribution is 0.185. The van der Waals surface area contributed by atoms with E-state index in [0.717, 1.165) is 17.9 Å². The highest BCUT2D eigenvalue weighted by molar-refractivity contribution is 6.30. The third-order valence-electron chi connectivity index (χ3n) is 1.76. The topological polar surface area (TPSA) is 20.2 Å². The Morgan fingerprint density at radius 3 is 2.42 bits per heavy atom. The zero-order valence-electron chi connectivity index (χ0n) is 7.13. The number of rotatable bonds is 3. The summed E-state index contributed by atoms with van der Waals surface area (Å²) in [7, 11) is 0. The van der Waals surface area contributed by atoms with Gasteiger partial charge in [-0.2, -0.15) is 0 Å². The van der Waals surface area contributed by atoms with E-state index >= 15 is 0 Å². The van der Waals surface area contributed by atoms with Crippen LogP contribution in [0.5, 0.6) is 0 Å². The molecule has 0 aliphatic rings. The van der Waals surface area contributed by atoms with Crippen molar-refractivity contribution < 1.29 is 5.11 Å². The second-order valence-corrected chi connectivity index (χ2v) is 3.45. The summed E-state index contributed by atoms with van der Waals surface area (Å²) in [6.45, 7) is 1.80. The van der Waals surface area contributed by atoms with E-state index in [0.29, 0.717) is 0 Å². The number of aryl methyl sites for hydroxylation is 1. The molecule has 1 rings (SSSR count). The van der Waals surface area contributed by atoms with Crippen LogP contribution in [0.1, 0.15) is 18.9 Å². The average Bonchev–Trinajstić information content (AvgIpc) is 2.03. The summed E-state index contributed by atoms with van der Waals surface area (Å²) in [5.41, 5.74) is 1.22. The van der Waals surface area contributed by atoms with Crippen LogP contribution in [0.3, 0.4) is 0 Å². The zero-order chi connectivity index (χ0) is 8.97. The minimum atomic E-state index is -0.222. The first kappa shape index (κ1) is 9.56. The summed E-state index contributed by atoms with van der Waals surface area (Å²) >= 11 is 5.72. The van der Waals surface area contributed by atoms with Gasteiger partial charge in [-0.25, -0.2) is 0 Å². The fourth-order valence-electron chi connectivity index (χ4n) is 1.03. The normalized spacial score (nSPS) is 12.9. The summed E-state index contributed by atoms with van der Waals surface area (Å²) in [6.07, 6.45) is 1.50. The monoisotopic (exact) mass is 184 g/mol. The van der Waals surface area contributed by atoms with E-state index in [9.17, 15) is 0 Å². The standard InChI is InChI=1S/C10H13ClO/c1-8(12)2-3-9-4-6-10(11)7-5-9/h4-8,12H,2-3H2,1H3/t8-/m0/s1. The lowest BCUT2D eigenvalue weighted by atomic mass is 10.1. The van der Waals surface area contributed by atoms with Crippen molar-refractivity contribution in [3.05, 3.63) is 34.9 Å². The molecule has 0 radical (unpaired) electrons. The third-order valence-corrected chi connectivity index (χ3v) is 2.02. The van der Waals surface area contributed by atoms with Crippen LogP contribution in [0.2, 0.25) is 5.02 Å². The van der Waals surface area contributed by atoms with Crippen LogP contribution >= 0.6 is 11.6 Å². The molecular weight excluding hydrogens is 172 g/mol. The Hall–Kier alpha value is -0.530. The number of benzene rings is 1. The molecule has 1 atom stereocenters. The van der Waals surface area contributed by atoms with Crippen molar-refractivity contribution in [2.45, 2.75) is 25.9 Å². The maximum Gasteiger partial charge on any atom is 0.0515 e. The Balaban J connectivity index is 2.48. The van der Waals surface area contributed by atoms with Gasteiger partial charge in [-0.05, 0) is 37.5 Å². The molecule has 0 amide bonds. The highest BCUT2D eigenvalue weighted by Gasteiger charge is 1.97. The minimum absolute atomic E-state index is 0.222. The predicted molar refractivity (Wildman–Crippen MR) is 51.5 cm³/mol. The second-order valence-electron chi connectivity index (χ2n) is 3.01. The molecule has 0 fully saturated rings. The number of aliphatic hydroxyl groups excluding tert-OH is 1. The molecule has 0 bridgehead atoms. The highest BCUT2D eigenvalue weighted by Crippen LogP contribution is 2.11. The van der Waals surface area contributed by atoms with Crippen molar-refractivity contribution in [2.75, 3.05) is 0 Å². The first-order valence-corrected chi connectivity index (χ1v) is 4.49. The van der Waals surface area contributed by atoms with Crippen LogP contribution < -0.4 is 0 Å². The maximum absolute atomic E-state index is 9.04. The summed E-state index contributed by atoms with van der Waals surface area (Å²) in [5, 5.41) is 9.80. The summed E-state index contributed by atoms with van der Waals surface area (Å²) in [6, 6.07) is 7.73. The fourth-order valence-corrected chi connectivity index (χ4v) is 1.15. The number of hydrogen-bond donors (Lipinski definition) is 1. The van der Waals surface area contributed by atoms with Gasteiger partial charge in [-0.1, -0.05) is 23.7 Å². The van der Waals surface area contributed by atoms with Gasteiger partial charge in [0.05, 0.1) is 6.10 Å². The lowest BCUT2D eigenvalue weighted by Gasteiger charge is -2.03. The number of hydrogen-bond acceptors (Lipinski definition) is 1. The first-order chi connectivity index (χ1) is 5.68. The lowest BCUT2D eigenvalue weighted by Crippen LogP contribution is -2.00. The fraction of sp³-hybridized carbons (Fsp3) is 0.400. The molecule has 1 aromatic rings. The SMILES string of the molecule is C[C@H](O)CCc1ccc(Cl)cc1. The number of aliphatic hydroxyl groups is 1. The summed E-state index contributed by atoms with van der Waals surface area (Å²) < 4.78 is 0. The Morgan fingerprint density at radius 1 is 1.33 bits per heavy atom. The molecule has 66 valence electrons. The molecular formula is C10H13ClO. The smallest absolute Gasteiger partial charge is 0.0515 e. The second kappa shape index (κ2) is 4.48. The Bertz CT molecular complexity index is 228. The van der Waals surface area contributed by atoms with Crippen LogP contribution in [0.15, 0.2) is 24.3 Å². The van der Waals surface area contributed by atoms with Gasteiger partial charge in [0.15, 0.2) is 0 Å². The zero-order valence-corrected chi connectivity index (χ0v) is 7.88. The molecule has 2 heteroatoms. The van der Waals surface area contributed by atoms with Crippen molar-refractivity contribution in [2.24, 2.45) is 0 Å². The Kier molecular flexibility index (Phi) is 3.57. The van der Waals surface area contributed by atoms with Gasteiger partial charge in [0.2, 0.25) is 0 Å². The largest absolute Gasteiger partial charge is 0.393 e. The van der Waals surface area contributed by atoms with Gasteiger partial charge in [0.25, 0.3) is 0 Å². The first-order valence-electron chi connectivity index (χ1n) is 4.11. The van der Waals surface area contributed by atoms with Crippen LogP contribution in [0.4, 0.5) is 0 Å². The molecule has 0 aliphatic heterocycles. The highest BCUT2D eigenvalue weighted by atomic mass is 35.5. The minimum Gasteiger partial charge on any atom is -0.393 e. The third kappa shape index (κ3) is 3.24.